The van der Waals surface area contributed by atoms with Crippen molar-refractivity contribution in [2.24, 2.45) is 5.41 Å². The van der Waals surface area contributed by atoms with Crippen LogP contribution < -0.4 is 0 Å². The molecular weight excluding hydrogens is 310 g/mol. The Morgan fingerprint density at radius 2 is 1.70 bits per heavy atom. The van der Waals surface area contributed by atoms with Crippen LogP contribution in [-0.4, -0.2) is 54.5 Å². The second-order valence-corrected chi connectivity index (χ2v) is 6.66. The van der Waals surface area contributed by atoms with Gasteiger partial charge in [-0.2, -0.15) is 0 Å². The van der Waals surface area contributed by atoms with E-state index in [0.29, 0.717) is 0 Å². The zero-order valence-corrected chi connectivity index (χ0v) is 13.4. The third-order valence-electron chi connectivity index (χ3n) is 3.86. The summed E-state index contributed by atoms with van der Waals surface area (Å²) in [4.78, 5) is 38.5. The first-order valence-corrected chi connectivity index (χ1v) is 7.45. The largest absolute Gasteiger partial charge is 0.457 e. The number of ether oxygens (including phenoxy) is 3. The highest BCUT2D eigenvalue weighted by atomic mass is 17.0. The molecular formula is C14H21NO8. The molecule has 23 heavy (non-hydrogen) atoms. The predicted molar refractivity (Wildman–Crippen MR) is 74.9 cm³/mol. The summed E-state index contributed by atoms with van der Waals surface area (Å²) in [6.45, 7) is 5.46. The van der Waals surface area contributed by atoms with E-state index >= 15 is 0 Å². The normalized spacial score (nSPS) is 29.9. The third kappa shape index (κ3) is 4.38. The van der Waals surface area contributed by atoms with Crippen molar-refractivity contribution >= 4 is 11.8 Å². The summed E-state index contributed by atoms with van der Waals surface area (Å²) < 4.78 is 16.0. The summed E-state index contributed by atoms with van der Waals surface area (Å²) in [5, 5.41) is 9.50. The van der Waals surface area contributed by atoms with Crippen molar-refractivity contribution < 1.29 is 33.7 Å². The highest BCUT2D eigenvalue weighted by Crippen LogP contribution is 2.30. The Kier molecular flexibility index (Phi) is 5.20. The van der Waals surface area contributed by atoms with Crippen LogP contribution in [0.4, 0.5) is 0 Å². The monoisotopic (exact) mass is 331 g/mol. The molecule has 2 saturated heterocycles. The number of esters is 1. The van der Waals surface area contributed by atoms with Crippen LogP contribution >= 0.6 is 0 Å². The summed E-state index contributed by atoms with van der Waals surface area (Å²) in [5.74, 6) is -0.536. The van der Waals surface area contributed by atoms with Gasteiger partial charge >= 0.3 is 5.97 Å². The van der Waals surface area contributed by atoms with Gasteiger partial charge in [-0.15, -0.1) is 10.1 Å². The van der Waals surface area contributed by atoms with E-state index in [-0.39, 0.29) is 31.8 Å². The molecule has 0 aromatic rings. The van der Waals surface area contributed by atoms with Crippen LogP contribution in [0.3, 0.4) is 0 Å². The van der Waals surface area contributed by atoms with E-state index in [4.69, 9.17) is 14.2 Å². The van der Waals surface area contributed by atoms with Crippen molar-refractivity contribution in [3.05, 3.63) is 10.1 Å². The summed E-state index contributed by atoms with van der Waals surface area (Å²) in [7, 11) is 0. The van der Waals surface area contributed by atoms with Crippen molar-refractivity contribution in [3.8, 4) is 0 Å². The molecule has 4 atom stereocenters. The third-order valence-corrected chi connectivity index (χ3v) is 3.86. The zero-order valence-electron chi connectivity index (χ0n) is 13.4. The smallest absolute Gasteiger partial charge is 0.306 e. The van der Waals surface area contributed by atoms with Gasteiger partial charge < -0.3 is 19.0 Å². The Hall–Kier alpha value is -1.74. The number of ketones is 1. The number of fused-ring (bicyclic) bond motifs is 1. The molecule has 2 fully saturated rings. The summed E-state index contributed by atoms with van der Waals surface area (Å²) in [6, 6.07) is 0. The van der Waals surface area contributed by atoms with Crippen LogP contribution in [0.25, 0.3) is 0 Å². The molecule has 0 saturated carbocycles. The van der Waals surface area contributed by atoms with E-state index in [2.05, 4.69) is 4.84 Å². The van der Waals surface area contributed by atoms with E-state index in [1.54, 1.807) is 20.8 Å². The van der Waals surface area contributed by atoms with Crippen molar-refractivity contribution in [3.63, 3.8) is 0 Å². The molecule has 2 rings (SSSR count). The number of hydrogen-bond donors (Lipinski definition) is 0. The molecule has 0 bridgehead atoms. The standard InChI is InChI=1S/C14H21NO8/c1-14(2,3)10(16)4-5-11(17)22-8-6-20-13-9(23-15(18)19)7-21-12(8)13/h8-9,12-13H,4-7H2,1-3H3. The maximum Gasteiger partial charge on any atom is 0.306 e. The molecule has 9 nitrogen and oxygen atoms in total. The van der Waals surface area contributed by atoms with Crippen LogP contribution in [0.5, 0.6) is 0 Å². The van der Waals surface area contributed by atoms with Crippen molar-refractivity contribution in [1.82, 2.24) is 0 Å². The number of rotatable bonds is 6. The number of Topliss-reactive ketones (excluding diaryl/α,β-unsaturated/α-hetero) is 1. The minimum atomic E-state index is -0.892. The molecule has 0 amide bonds. The van der Waals surface area contributed by atoms with Crippen LogP contribution in [0.1, 0.15) is 33.6 Å². The van der Waals surface area contributed by atoms with Crippen molar-refractivity contribution in [1.29, 1.82) is 0 Å². The highest BCUT2D eigenvalue weighted by Gasteiger charge is 2.51. The Bertz CT molecular complexity index is 486. The molecule has 0 radical (unpaired) electrons. The molecule has 2 aliphatic heterocycles. The minimum absolute atomic E-state index is 0.00682. The first kappa shape index (κ1) is 17.6. The lowest BCUT2D eigenvalue weighted by Gasteiger charge is -2.18. The molecule has 130 valence electrons. The lowest BCUT2D eigenvalue weighted by molar-refractivity contribution is -0.769. The molecule has 4 unspecified atom stereocenters. The SMILES string of the molecule is CC(C)(C)C(=O)CCC(=O)OC1COC2C(O[N+](=O)[O-])COC12. The molecule has 2 heterocycles. The lowest BCUT2D eigenvalue weighted by Crippen LogP contribution is -2.36. The fourth-order valence-corrected chi connectivity index (χ4v) is 2.55. The van der Waals surface area contributed by atoms with Crippen molar-refractivity contribution in [2.75, 3.05) is 13.2 Å². The average Bonchev–Trinajstić information content (AvgIpc) is 2.99. The van der Waals surface area contributed by atoms with Crippen LogP contribution in [0, 0.1) is 15.5 Å². The quantitative estimate of drug-likeness (QED) is 0.396. The molecule has 9 heteroatoms. The minimum Gasteiger partial charge on any atom is -0.457 e. The Labute approximate surface area is 133 Å². The number of carbonyl (C=O) groups is 2. The molecule has 0 aromatic heterocycles. The van der Waals surface area contributed by atoms with Gasteiger partial charge in [-0.1, -0.05) is 20.8 Å². The molecule has 0 aromatic carbocycles. The Morgan fingerprint density at radius 3 is 2.26 bits per heavy atom. The maximum absolute atomic E-state index is 11.9. The van der Waals surface area contributed by atoms with Gasteiger partial charge in [-0.05, 0) is 0 Å². The van der Waals surface area contributed by atoms with Gasteiger partial charge in [0, 0.05) is 11.8 Å². The van der Waals surface area contributed by atoms with Crippen molar-refractivity contribution in [2.45, 2.75) is 58.0 Å². The fraction of sp³-hybridized carbons (Fsp3) is 0.857. The zero-order chi connectivity index (χ0) is 17.2. The fourth-order valence-electron chi connectivity index (χ4n) is 2.55. The first-order valence-electron chi connectivity index (χ1n) is 7.45. The van der Waals surface area contributed by atoms with Gasteiger partial charge in [0.1, 0.15) is 18.0 Å². The summed E-state index contributed by atoms with van der Waals surface area (Å²) in [6.07, 6.45) is -2.58. The van der Waals surface area contributed by atoms with Gasteiger partial charge in [0.2, 0.25) is 0 Å². The average molecular weight is 331 g/mol. The van der Waals surface area contributed by atoms with Gasteiger partial charge in [0.25, 0.3) is 5.09 Å². The number of carbonyl (C=O) groups excluding carboxylic acids is 2. The second-order valence-electron chi connectivity index (χ2n) is 6.66. The topological polar surface area (TPSA) is 114 Å². The van der Waals surface area contributed by atoms with E-state index in [9.17, 15) is 19.7 Å². The summed E-state index contributed by atoms with van der Waals surface area (Å²) >= 11 is 0. The van der Waals surface area contributed by atoms with Gasteiger partial charge in [-0.3, -0.25) is 9.59 Å². The molecule has 2 aliphatic rings. The van der Waals surface area contributed by atoms with E-state index < -0.39 is 40.9 Å². The number of hydrogen-bond acceptors (Lipinski definition) is 8. The summed E-state index contributed by atoms with van der Waals surface area (Å²) in [5.41, 5.74) is -0.497. The Balaban J connectivity index is 1.80. The molecule has 0 spiro atoms. The lowest BCUT2D eigenvalue weighted by atomic mass is 9.88. The predicted octanol–water partition coefficient (Wildman–Crippen LogP) is 0.668. The van der Waals surface area contributed by atoms with Gasteiger partial charge in [-0.25, -0.2) is 0 Å². The molecule has 0 N–H and O–H groups in total. The van der Waals surface area contributed by atoms with E-state index in [1.165, 1.54) is 0 Å². The van der Waals surface area contributed by atoms with Gasteiger partial charge in [0.15, 0.2) is 12.2 Å². The number of nitrogens with zero attached hydrogens (tertiary/aromatic N) is 1. The highest BCUT2D eigenvalue weighted by molar-refractivity contribution is 5.86. The van der Waals surface area contributed by atoms with Gasteiger partial charge in [0.05, 0.1) is 19.6 Å². The van der Waals surface area contributed by atoms with Crippen LogP contribution in [0.15, 0.2) is 0 Å². The van der Waals surface area contributed by atoms with E-state index in [0.717, 1.165) is 0 Å². The van der Waals surface area contributed by atoms with E-state index in [1.807, 2.05) is 0 Å². The Morgan fingerprint density at radius 1 is 1.13 bits per heavy atom. The second kappa shape index (κ2) is 6.79. The van der Waals surface area contributed by atoms with Crippen LogP contribution in [-0.2, 0) is 28.6 Å². The maximum atomic E-state index is 11.9. The van der Waals surface area contributed by atoms with Crippen LogP contribution in [0.2, 0.25) is 0 Å². The first-order chi connectivity index (χ1) is 10.7. The molecule has 0 aliphatic carbocycles.